The fraction of sp³-hybridized carbons (Fsp3) is 0.200. The van der Waals surface area contributed by atoms with E-state index in [0.717, 1.165) is 18.6 Å². The Hall–Kier alpha value is -3.54. The van der Waals surface area contributed by atoms with Gasteiger partial charge in [-0.1, -0.05) is 60.7 Å². The van der Waals surface area contributed by atoms with Crippen molar-refractivity contribution < 1.29 is 18.4 Å². The molecule has 0 aromatic heterocycles. The third kappa shape index (κ3) is 6.47. The zero-order valence-corrected chi connectivity index (χ0v) is 17.0. The van der Waals surface area contributed by atoms with Crippen LogP contribution in [0.25, 0.3) is 0 Å². The average Bonchev–Trinajstić information content (AvgIpc) is 2.78. The second kappa shape index (κ2) is 11.0. The van der Waals surface area contributed by atoms with Crippen LogP contribution in [0.1, 0.15) is 40.2 Å². The maximum absolute atomic E-state index is 13.6. The SMILES string of the molecule is O=C(CCNC(=O)c1ccc(F)cc1F)NCCC(c1ccccc1)c1ccccc1. The minimum absolute atomic E-state index is 0.0578. The summed E-state index contributed by atoms with van der Waals surface area (Å²) in [5, 5.41) is 5.35. The van der Waals surface area contributed by atoms with Crippen molar-refractivity contribution >= 4 is 11.8 Å². The fourth-order valence-electron chi connectivity index (χ4n) is 3.40. The fourth-order valence-corrected chi connectivity index (χ4v) is 3.40. The lowest BCUT2D eigenvalue weighted by Gasteiger charge is -2.18. The van der Waals surface area contributed by atoms with Crippen molar-refractivity contribution in [3.8, 4) is 0 Å². The first-order valence-corrected chi connectivity index (χ1v) is 10.1. The van der Waals surface area contributed by atoms with Crippen LogP contribution in [0, 0.1) is 11.6 Å². The predicted molar refractivity (Wildman–Crippen MR) is 116 cm³/mol. The number of carbonyl (C=O) groups is 2. The zero-order valence-electron chi connectivity index (χ0n) is 17.0. The molecule has 0 heterocycles. The van der Waals surface area contributed by atoms with E-state index in [0.29, 0.717) is 12.6 Å². The number of hydrogen-bond donors (Lipinski definition) is 2. The van der Waals surface area contributed by atoms with Crippen molar-refractivity contribution in [2.24, 2.45) is 0 Å². The summed E-state index contributed by atoms with van der Waals surface area (Å²) in [4.78, 5) is 24.1. The van der Waals surface area contributed by atoms with Crippen LogP contribution in [0.5, 0.6) is 0 Å². The minimum Gasteiger partial charge on any atom is -0.356 e. The first-order valence-electron chi connectivity index (χ1n) is 10.1. The van der Waals surface area contributed by atoms with Crippen LogP contribution in [0.2, 0.25) is 0 Å². The van der Waals surface area contributed by atoms with Gasteiger partial charge in [0.15, 0.2) is 0 Å². The van der Waals surface area contributed by atoms with Crippen LogP contribution < -0.4 is 10.6 Å². The van der Waals surface area contributed by atoms with Gasteiger partial charge in [0.05, 0.1) is 5.56 Å². The van der Waals surface area contributed by atoms with Crippen molar-refractivity contribution in [3.63, 3.8) is 0 Å². The molecule has 0 aliphatic heterocycles. The Labute approximate surface area is 180 Å². The van der Waals surface area contributed by atoms with E-state index >= 15 is 0 Å². The van der Waals surface area contributed by atoms with Gasteiger partial charge in [-0.3, -0.25) is 9.59 Å². The van der Waals surface area contributed by atoms with E-state index in [2.05, 4.69) is 34.9 Å². The molecule has 0 radical (unpaired) electrons. The monoisotopic (exact) mass is 422 g/mol. The molecule has 31 heavy (non-hydrogen) atoms. The highest BCUT2D eigenvalue weighted by atomic mass is 19.1. The first-order chi connectivity index (χ1) is 15.0. The highest BCUT2D eigenvalue weighted by molar-refractivity contribution is 5.94. The van der Waals surface area contributed by atoms with Gasteiger partial charge < -0.3 is 10.6 Å². The Balaban J connectivity index is 1.47. The van der Waals surface area contributed by atoms with Crippen LogP contribution in [-0.4, -0.2) is 24.9 Å². The van der Waals surface area contributed by atoms with Crippen molar-refractivity contribution in [1.29, 1.82) is 0 Å². The quantitative estimate of drug-likeness (QED) is 0.536. The molecule has 0 aliphatic rings. The maximum atomic E-state index is 13.6. The average molecular weight is 422 g/mol. The molecule has 4 nitrogen and oxygen atoms in total. The molecule has 0 unspecified atom stereocenters. The Kier molecular flexibility index (Phi) is 7.87. The maximum Gasteiger partial charge on any atom is 0.254 e. The summed E-state index contributed by atoms with van der Waals surface area (Å²) in [5.41, 5.74) is 2.10. The van der Waals surface area contributed by atoms with E-state index in [1.165, 1.54) is 11.1 Å². The van der Waals surface area contributed by atoms with E-state index in [4.69, 9.17) is 0 Å². The lowest BCUT2D eigenvalue weighted by atomic mass is 9.88. The van der Waals surface area contributed by atoms with Gasteiger partial charge in [0.25, 0.3) is 5.91 Å². The molecular formula is C25H24F2N2O2. The van der Waals surface area contributed by atoms with E-state index in [1.54, 1.807) is 0 Å². The van der Waals surface area contributed by atoms with Gasteiger partial charge in [-0.25, -0.2) is 8.78 Å². The molecule has 6 heteroatoms. The summed E-state index contributed by atoms with van der Waals surface area (Å²) in [6.07, 6.45) is 0.794. The van der Waals surface area contributed by atoms with Crippen LogP contribution in [0.3, 0.4) is 0 Å². The number of nitrogens with one attached hydrogen (secondary N) is 2. The Bertz CT molecular complexity index is 971. The van der Waals surface area contributed by atoms with Gasteiger partial charge in [0.1, 0.15) is 11.6 Å². The molecule has 0 aliphatic carbocycles. The molecule has 0 fully saturated rings. The summed E-state index contributed by atoms with van der Waals surface area (Å²) < 4.78 is 26.6. The van der Waals surface area contributed by atoms with E-state index in [9.17, 15) is 18.4 Å². The van der Waals surface area contributed by atoms with E-state index in [-0.39, 0.29) is 30.4 Å². The van der Waals surface area contributed by atoms with Crippen molar-refractivity contribution in [2.45, 2.75) is 18.8 Å². The lowest BCUT2D eigenvalue weighted by Crippen LogP contribution is -2.32. The third-order valence-corrected chi connectivity index (χ3v) is 4.97. The van der Waals surface area contributed by atoms with Crippen LogP contribution in [0.4, 0.5) is 8.78 Å². The molecule has 160 valence electrons. The molecule has 3 aromatic rings. The van der Waals surface area contributed by atoms with Crippen molar-refractivity contribution in [2.75, 3.05) is 13.1 Å². The van der Waals surface area contributed by atoms with Crippen LogP contribution >= 0.6 is 0 Å². The van der Waals surface area contributed by atoms with Gasteiger partial charge >= 0.3 is 0 Å². The second-order valence-corrected chi connectivity index (χ2v) is 7.14. The lowest BCUT2D eigenvalue weighted by molar-refractivity contribution is -0.120. The second-order valence-electron chi connectivity index (χ2n) is 7.14. The topological polar surface area (TPSA) is 58.2 Å². The standard InChI is InChI=1S/C25H24F2N2O2/c26-20-11-12-22(23(27)17-20)25(31)29-16-14-24(30)28-15-13-21(18-7-3-1-4-8-18)19-9-5-2-6-10-19/h1-12,17,21H,13-16H2,(H,28,30)(H,29,31). The Morgan fingerprint density at radius 3 is 1.97 bits per heavy atom. The molecule has 0 atom stereocenters. The molecule has 3 aromatic carbocycles. The minimum atomic E-state index is -0.935. The largest absolute Gasteiger partial charge is 0.356 e. The number of halogens is 2. The molecule has 2 amide bonds. The zero-order chi connectivity index (χ0) is 22.1. The highest BCUT2D eigenvalue weighted by Crippen LogP contribution is 2.27. The molecule has 0 bridgehead atoms. The normalized spacial score (nSPS) is 10.7. The number of hydrogen-bond acceptors (Lipinski definition) is 2. The molecule has 2 N–H and O–H groups in total. The van der Waals surface area contributed by atoms with E-state index in [1.807, 2.05) is 36.4 Å². The Morgan fingerprint density at radius 2 is 1.39 bits per heavy atom. The molecule has 3 rings (SSSR count). The molecule has 0 saturated heterocycles. The number of carbonyl (C=O) groups excluding carboxylic acids is 2. The Morgan fingerprint density at radius 1 is 0.774 bits per heavy atom. The van der Waals surface area contributed by atoms with E-state index < -0.39 is 17.5 Å². The first kappa shape index (κ1) is 22.2. The molecule has 0 saturated carbocycles. The summed E-state index contributed by atoms with van der Waals surface area (Å²) in [6, 6.07) is 23.0. The van der Waals surface area contributed by atoms with Gasteiger partial charge in [0, 0.05) is 31.5 Å². The summed E-state index contributed by atoms with van der Waals surface area (Å²) >= 11 is 0. The third-order valence-electron chi connectivity index (χ3n) is 4.97. The van der Waals surface area contributed by atoms with Crippen LogP contribution in [0.15, 0.2) is 78.9 Å². The number of benzene rings is 3. The highest BCUT2D eigenvalue weighted by Gasteiger charge is 2.15. The van der Waals surface area contributed by atoms with Crippen LogP contribution in [-0.2, 0) is 4.79 Å². The van der Waals surface area contributed by atoms with Gasteiger partial charge in [-0.05, 0) is 29.7 Å². The number of rotatable bonds is 9. The smallest absolute Gasteiger partial charge is 0.254 e. The van der Waals surface area contributed by atoms with Crippen molar-refractivity contribution in [1.82, 2.24) is 10.6 Å². The number of amides is 2. The van der Waals surface area contributed by atoms with Gasteiger partial charge in [0.2, 0.25) is 5.91 Å². The van der Waals surface area contributed by atoms with Crippen molar-refractivity contribution in [3.05, 3.63) is 107 Å². The van der Waals surface area contributed by atoms with Gasteiger partial charge in [-0.15, -0.1) is 0 Å². The van der Waals surface area contributed by atoms with Gasteiger partial charge in [-0.2, -0.15) is 0 Å². The summed E-state index contributed by atoms with van der Waals surface area (Å²) in [6.45, 7) is 0.538. The summed E-state index contributed by atoms with van der Waals surface area (Å²) in [7, 11) is 0. The molecule has 0 spiro atoms. The predicted octanol–water partition coefficient (Wildman–Crippen LogP) is 4.42. The summed E-state index contributed by atoms with van der Waals surface area (Å²) in [5.74, 6) is -2.42. The molecular weight excluding hydrogens is 398 g/mol.